The lowest BCUT2D eigenvalue weighted by Crippen LogP contribution is -2.50. The van der Waals surface area contributed by atoms with E-state index in [2.05, 4.69) is 10.2 Å². The van der Waals surface area contributed by atoms with E-state index >= 15 is 0 Å². The highest BCUT2D eigenvalue weighted by atomic mass is 16.5. The monoisotopic (exact) mass is 566 g/mol. The summed E-state index contributed by atoms with van der Waals surface area (Å²) in [6.07, 6.45) is 2.48. The molecule has 0 radical (unpaired) electrons. The van der Waals surface area contributed by atoms with E-state index in [4.69, 9.17) is 29.7 Å². The lowest BCUT2D eigenvalue weighted by atomic mass is 9.87. The molecule has 0 saturated carbocycles. The summed E-state index contributed by atoms with van der Waals surface area (Å²) in [5, 5.41) is 2.80. The van der Waals surface area contributed by atoms with Gasteiger partial charge < -0.3 is 34.9 Å². The zero-order valence-electron chi connectivity index (χ0n) is 24.4. The summed E-state index contributed by atoms with van der Waals surface area (Å²) in [4.78, 5) is 32.2. The number of nitrogens with one attached hydrogen (secondary N) is 1. The van der Waals surface area contributed by atoms with Crippen LogP contribution >= 0.6 is 0 Å². The number of esters is 1. The molecule has 0 aliphatic carbocycles. The molecule has 2 aliphatic rings. The molecule has 222 valence electrons. The first kappa shape index (κ1) is 30.3. The van der Waals surface area contributed by atoms with Crippen molar-refractivity contribution in [2.45, 2.75) is 70.7 Å². The number of carbonyl (C=O) groups is 2. The van der Waals surface area contributed by atoms with E-state index in [0.29, 0.717) is 32.1 Å². The molecule has 0 aromatic heterocycles. The molecule has 3 N–H and O–H groups in total. The number of fused-ring (bicyclic) bond motifs is 1. The number of hydrogen-bond donors (Lipinski definition) is 2. The van der Waals surface area contributed by atoms with Crippen LogP contribution in [0, 0.1) is 5.92 Å². The number of benzene rings is 2. The summed E-state index contributed by atoms with van der Waals surface area (Å²) in [5.41, 5.74) is 7.87. The molecule has 2 heterocycles. The van der Waals surface area contributed by atoms with Crippen molar-refractivity contribution >= 4 is 23.5 Å². The fraction of sp³-hybridized carbons (Fsp3) is 0.516. The van der Waals surface area contributed by atoms with Gasteiger partial charge in [0.1, 0.15) is 11.5 Å². The smallest absolute Gasteiger partial charge is 0.330 e. The third-order valence-corrected chi connectivity index (χ3v) is 7.28. The van der Waals surface area contributed by atoms with Crippen molar-refractivity contribution < 1.29 is 28.5 Å². The van der Waals surface area contributed by atoms with Crippen molar-refractivity contribution in [1.29, 1.82) is 0 Å². The Balaban J connectivity index is 1.47. The fourth-order valence-electron chi connectivity index (χ4n) is 5.16. The number of ether oxygens (including phenoxy) is 4. The van der Waals surface area contributed by atoms with E-state index in [-0.39, 0.29) is 30.9 Å². The molecule has 2 aromatic carbocycles. The maximum absolute atomic E-state index is 13.1. The Labute approximate surface area is 242 Å². The molecule has 0 spiro atoms. The number of guanidine groups is 1. The van der Waals surface area contributed by atoms with E-state index < -0.39 is 17.6 Å². The van der Waals surface area contributed by atoms with Crippen molar-refractivity contribution in [2.24, 2.45) is 16.6 Å². The van der Waals surface area contributed by atoms with Crippen LogP contribution in [-0.2, 0) is 30.3 Å². The summed E-state index contributed by atoms with van der Waals surface area (Å²) in [5.74, 6) is 1.39. The Hall–Kier alpha value is -3.63. The van der Waals surface area contributed by atoms with Crippen LogP contribution in [0.4, 0.5) is 5.69 Å². The lowest BCUT2D eigenvalue weighted by molar-refractivity contribution is -0.148. The standard InChI is InChI=1S/C31H42N4O6/c1-31(2,3)40-20-26(29(37)38-4)33-28(36)13-12-27(21-14-16-39-17-15-21)35-19-22-18-24(10-11-25(22)34-30(35)32)41-23-8-6-5-7-9-23/h5-11,18,21,26-27H,12-17,19-20H2,1-4H3,(H2,32,34)(H,33,36)/t26?,27-/m0/s1. The van der Waals surface area contributed by atoms with Crippen molar-refractivity contribution in [3.8, 4) is 11.5 Å². The molecule has 4 rings (SSSR count). The molecule has 41 heavy (non-hydrogen) atoms. The predicted octanol–water partition coefficient (Wildman–Crippen LogP) is 4.29. The Morgan fingerprint density at radius 1 is 1.12 bits per heavy atom. The molecule has 0 bridgehead atoms. The summed E-state index contributed by atoms with van der Waals surface area (Å²) >= 11 is 0. The van der Waals surface area contributed by atoms with Gasteiger partial charge in [-0.05, 0) is 76.3 Å². The van der Waals surface area contributed by atoms with Gasteiger partial charge in [-0.2, -0.15) is 0 Å². The number of methoxy groups -OCH3 is 1. The maximum atomic E-state index is 13.1. The summed E-state index contributed by atoms with van der Waals surface area (Å²) in [6.45, 7) is 7.58. The molecule has 10 heteroatoms. The van der Waals surface area contributed by atoms with Crippen LogP contribution in [0.1, 0.15) is 52.0 Å². The van der Waals surface area contributed by atoms with Gasteiger partial charge in [0.05, 0.1) is 25.0 Å². The molecule has 2 aliphatic heterocycles. The molecule has 10 nitrogen and oxygen atoms in total. The van der Waals surface area contributed by atoms with Gasteiger partial charge in [-0.15, -0.1) is 0 Å². The average Bonchev–Trinajstić information content (AvgIpc) is 2.96. The van der Waals surface area contributed by atoms with E-state index in [1.807, 2.05) is 69.3 Å². The minimum atomic E-state index is -0.884. The fourth-order valence-corrected chi connectivity index (χ4v) is 5.16. The second-order valence-electron chi connectivity index (χ2n) is 11.4. The first-order valence-electron chi connectivity index (χ1n) is 14.2. The van der Waals surface area contributed by atoms with Crippen LogP contribution in [0.15, 0.2) is 53.5 Å². The molecular formula is C31H42N4O6. The molecule has 1 amide bonds. The molecule has 1 fully saturated rings. The van der Waals surface area contributed by atoms with Gasteiger partial charge in [0.2, 0.25) is 5.91 Å². The molecule has 1 saturated heterocycles. The van der Waals surface area contributed by atoms with Crippen LogP contribution in [0.2, 0.25) is 0 Å². The second-order valence-corrected chi connectivity index (χ2v) is 11.4. The maximum Gasteiger partial charge on any atom is 0.330 e. The van der Waals surface area contributed by atoms with E-state index in [1.54, 1.807) is 0 Å². The van der Waals surface area contributed by atoms with Crippen molar-refractivity contribution in [1.82, 2.24) is 10.2 Å². The third-order valence-electron chi connectivity index (χ3n) is 7.28. The zero-order chi connectivity index (χ0) is 29.4. The minimum absolute atomic E-state index is 0.0290. The number of hydrogen-bond acceptors (Lipinski definition) is 9. The van der Waals surface area contributed by atoms with Crippen LogP contribution in [0.25, 0.3) is 0 Å². The largest absolute Gasteiger partial charge is 0.467 e. The number of aliphatic imine (C=N–C) groups is 1. The summed E-state index contributed by atoms with van der Waals surface area (Å²) in [7, 11) is 1.30. The lowest BCUT2D eigenvalue weighted by Gasteiger charge is -2.41. The second kappa shape index (κ2) is 13.8. The van der Waals surface area contributed by atoms with Crippen molar-refractivity contribution in [3.63, 3.8) is 0 Å². The third kappa shape index (κ3) is 8.68. The van der Waals surface area contributed by atoms with Gasteiger partial charge in [-0.25, -0.2) is 9.79 Å². The Morgan fingerprint density at radius 2 is 1.85 bits per heavy atom. The van der Waals surface area contributed by atoms with Gasteiger partial charge >= 0.3 is 5.97 Å². The van der Waals surface area contributed by atoms with E-state index in [0.717, 1.165) is 35.6 Å². The normalized spacial score (nSPS) is 17.2. The van der Waals surface area contributed by atoms with Crippen LogP contribution in [0.3, 0.4) is 0 Å². The first-order chi connectivity index (χ1) is 19.6. The number of para-hydroxylation sites is 1. The Kier molecular flexibility index (Phi) is 10.2. The number of carbonyl (C=O) groups excluding carboxylic acids is 2. The quantitative estimate of drug-likeness (QED) is 0.386. The van der Waals surface area contributed by atoms with Gasteiger partial charge in [-0.3, -0.25) is 4.79 Å². The Morgan fingerprint density at radius 3 is 2.54 bits per heavy atom. The van der Waals surface area contributed by atoms with Crippen LogP contribution in [0.5, 0.6) is 11.5 Å². The highest BCUT2D eigenvalue weighted by molar-refractivity contribution is 5.85. The molecule has 1 unspecified atom stereocenters. The highest BCUT2D eigenvalue weighted by Gasteiger charge is 2.33. The highest BCUT2D eigenvalue weighted by Crippen LogP contribution is 2.35. The van der Waals surface area contributed by atoms with Gasteiger partial charge in [0.15, 0.2) is 12.0 Å². The number of amides is 1. The minimum Gasteiger partial charge on any atom is -0.467 e. The summed E-state index contributed by atoms with van der Waals surface area (Å²) in [6, 6.07) is 14.5. The van der Waals surface area contributed by atoms with Gasteiger partial charge in [0.25, 0.3) is 0 Å². The topological polar surface area (TPSA) is 125 Å². The van der Waals surface area contributed by atoms with E-state index in [1.165, 1.54) is 7.11 Å². The van der Waals surface area contributed by atoms with E-state index in [9.17, 15) is 9.59 Å². The zero-order valence-corrected chi connectivity index (χ0v) is 24.4. The summed E-state index contributed by atoms with van der Waals surface area (Å²) < 4.78 is 22.3. The molecular weight excluding hydrogens is 524 g/mol. The first-order valence-corrected chi connectivity index (χ1v) is 14.2. The molecule has 2 aromatic rings. The van der Waals surface area contributed by atoms with Gasteiger partial charge in [-0.1, -0.05) is 18.2 Å². The Bertz CT molecular complexity index is 1210. The SMILES string of the molecule is COC(=O)C(COC(C)(C)C)NC(=O)CC[C@@H](C1CCOCC1)N1Cc2cc(Oc3ccccc3)ccc2N=C1N. The number of nitrogens with zero attached hydrogens (tertiary/aromatic N) is 2. The number of nitrogens with two attached hydrogens (primary N) is 1. The van der Waals surface area contributed by atoms with Crippen LogP contribution < -0.4 is 15.8 Å². The average molecular weight is 567 g/mol. The van der Waals surface area contributed by atoms with Crippen molar-refractivity contribution in [3.05, 3.63) is 54.1 Å². The van der Waals surface area contributed by atoms with Crippen LogP contribution in [-0.4, -0.2) is 67.4 Å². The van der Waals surface area contributed by atoms with Crippen molar-refractivity contribution in [2.75, 3.05) is 26.9 Å². The van der Waals surface area contributed by atoms with Gasteiger partial charge in [0, 0.05) is 37.8 Å². The molecule has 2 atom stereocenters. The number of rotatable bonds is 11. The predicted molar refractivity (Wildman–Crippen MR) is 156 cm³/mol.